The lowest BCUT2D eigenvalue weighted by molar-refractivity contribution is -0.123. The Morgan fingerprint density at radius 2 is 2.29 bits per heavy atom. The Balaban J connectivity index is 1.52. The van der Waals surface area contributed by atoms with Crippen molar-refractivity contribution < 1.29 is 4.79 Å². The third kappa shape index (κ3) is 3.52. The summed E-state index contributed by atoms with van der Waals surface area (Å²) >= 11 is 0. The second-order valence-corrected chi connectivity index (χ2v) is 7.47. The lowest BCUT2D eigenvalue weighted by Gasteiger charge is -2.29. The van der Waals surface area contributed by atoms with Gasteiger partial charge in [0.25, 0.3) is 0 Å². The third-order valence-corrected chi connectivity index (χ3v) is 5.44. The van der Waals surface area contributed by atoms with Crippen LogP contribution in [0.4, 0.5) is 5.82 Å². The van der Waals surface area contributed by atoms with Gasteiger partial charge in [0.15, 0.2) is 5.65 Å². The number of carbonyl (C=O) groups is 1. The number of hydrogen-bond donors (Lipinski definition) is 4. The number of rotatable bonds is 5. The Kier molecular flexibility index (Phi) is 5.14. The fourth-order valence-corrected chi connectivity index (χ4v) is 3.90. The van der Waals surface area contributed by atoms with Crippen LogP contribution in [0.5, 0.6) is 0 Å². The number of aromatic nitrogens is 3. The zero-order valence-electron chi connectivity index (χ0n) is 16.0. The van der Waals surface area contributed by atoms with Gasteiger partial charge in [0, 0.05) is 62.9 Å². The Morgan fingerprint density at radius 1 is 1.43 bits per heavy atom. The van der Waals surface area contributed by atoms with Crippen molar-refractivity contribution in [3.63, 3.8) is 0 Å². The van der Waals surface area contributed by atoms with Gasteiger partial charge in [-0.25, -0.2) is 4.98 Å². The molecule has 2 aromatic rings. The molecule has 0 spiro atoms. The maximum Gasteiger partial charge on any atom is 0.237 e. The number of hydrazone groups is 1. The first-order valence-corrected chi connectivity index (χ1v) is 9.67. The molecule has 1 amide bonds. The first kappa shape index (κ1) is 18.6. The van der Waals surface area contributed by atoms with Crippen LogP contribution in [0.3, 0.4) is 0 Å². The molecular formula is C18H27N9O. The van der Waals surface area contributed by atoms with Gasteiger partial charge in [0.2, 0.25) is 5.91 Å². The number of nitrogens with one attached hydrogen (secondary N) is 2. The predicted molar refractivity (Wildman–Crippen MR) is 107 cm³/mol. The molecule has 0 aromatic carbocycles. The molecule has 4 heterocycles. The predicted octanol–water partition coefficient (Wildman–Crippen LogP) is -0.763. The highest BCUT2D eigenvalue weighted by Crippen LogP contribution is 2.29. The topological polar surface area (TPSA) is 139 Å². The molecule has 150 valence electrons. The van der Waals surface area contributed by atoms with E-state index in [1.807, 2.05) is 30.5 Å². The van der Waals surface area contributed by atoms with Crippen molar-refractivity contribution >= 4 is 23.6 Å². The number of nitrogen functional groups attached to an aromatic ring is 1. The SMILES string of the molecule is CN1CC(c2cnn3c(N)cc([C@H]4CC[C@@H](C(=O)NCCN)NC4)nc23)C=N1. The largest absolute Gasteiger partial charge is 0.384 e. The van der Waals surface area contributed by atoms with Gasteiger partial charge < -0.3 is 22.1 Å². The van der Waals surface area contributed by atoms with Crippen molar-refractivity contribution in [1.82, 2.24) is 30.2 Å². The van der Waals surface area contributed by atoms with E-state index in [-0.39, 0.29) is 23.8 Å². The van der Waals surface area contributed by atoms with Crippen LogP contribution >= 0.6 is 0 Å². The van der Waals surface area contributed by atoms with Crippen LogP contribution < -0.4 is 22.1 Å². The van der Waals surface area contributed by atoms with Crippen LogP contribution in [0.25, 0.3) is 5.65 Å². The minimum atomic E-state index is -0.181. The molecule has 4 rings (SSSR count). The van der Waals surface area contributed by atoms with Crippen molar-refractivity contribution in [3.05, 3.63) is 23.5 Å². The quantitative estimate of drug-likeness (QED) is 0.530. The molecule has 2 aromatic heterocycles. The second kappa shape index (κ2) is 7.72. The van der Waals surface area contributed by atoms with Gasteiger partial charge in [-0.05, 0) is 12.8 Å². The molecule has 10 nitrogen and oxygen atoms in total. The number of piperidine rings is 1. The molecule has 6 N–H and O–H groups in total. The molecule has 1 fully saturated rings. The van der Waals surface area contributed by atoms with Gasteiger partial charge in [-0.2, -0.15) is 14.7 Å². The second-order valence-electron chi connectivity index (χ2n) is 7.47. The smallest absolute Gasteiger partial charge is 0.237 e. The molecule has 28 heavy (non-hydrogen) atoms. The summed E-state index contributed by atoms with van der Waals surface area (Å²) in [5.74, 6) is 0.935. The van der Waals surface area contributed by atoms with E-state index in [4.69, 9.17) is 16.5 Å². The van der Waals surface area contributed by atoms with E-state index in [0.29, 0.717) is 25.5 Å². The van der Waals surface area contributed by atoms with E-state index < -0.39 is 0 Å². The maximum absolute atomic E-state index is 12.1. The summed E-state index contributed by atoms with van der Waals surface area (Å²) in [4.78, 5) is 17.0. The standard InChI is InChI=1S/C18H27N9O/c1-26-10-12(8-23-26)13-9-24-27-16(20)6-15(25-17(13)27)11-2-3-14(22-7-11)18(28)21-5-4-19/h6,8-9,11-12,14,22H,2-5,7,10,19-20H2,1H3,(H,21,28)/t11-,12?,14-/m0/s1. The minimum Gasteiger partial charge on any atom is -0.384 e. The van der Waals surface area contributed by atoms with Crippen molar-refractivity contribution in [2.75, 3.05) is 39.0 Å². The van der Waals surface area contributed by atoms with Crippen molar-refractivity contribution in [2.24, 2.45) is 10.8 Å². The molecule has 2 aliphatic rings. The number of nitrogens with two attached hydrogens (primary N) is 2. The number of anilines is 1. The Bertz CT molecular complexity index is 885. The Hall–Kier alpha value is -2.72. The number of likely N-dealkylation sites (N-methyl/N-ethyl adjacent to an activating group) is 1. The summed E-state index contributed by atoms with van der Waals surface area (Å²) < 4.78 is 1.68. The van der Waals surface area contributed by atoms with Gasteiger partial charge in [-0.15, -0.1) is 0 Å². The fraction of sp³-hybridized carbons (Fsp3) is 0.556. The lowest BCUT2D eigenvalue weighted by Crippen LogP contribution is -2.49. The molecule has 1 unspecified atom stereocenters. The molecule has 2 aliphatic heterocycles. The first-order chi connectivity index (χ1) is 13.6. The molecule has 0 radical (unpaired) electrons. The highest BCUT2D eigenvalue weighted by Gasteiger charge is 2.28. The zero-order chi connectivity index (χ0) is 19.7. The summed E-state index contributed by atoms with van der Waals surface area (Å²) in [6.07, 6.45) is 5.37. The van der Waals surface area contributed by atoms with Gasteiger partial charge in [-0.3, -0.25) is 9.80 Å². The van der Waals surface area contributed by atoms with E-state index in [2.05, 4.69) is 20.8 Å². The lowest BCUT2D eigenvalue weighted by atomic mass is 9.91. The fourth-order valence-electron chi connectivity index (χ4n) is 3.90. The summed E-state index contributed by atoms with van der Waals surface area (Å²) in [5.41, 5.74) is 14.4. The van der Waals surface area contributed by atoms with Crippen LogP contribution in [0.1, 0.15) is 35.9 Å². The average Bonchev–Trinajstić information content (AvgIpc) is 3.32. The van der Waals surface area contributed by atoms with Crippen molar-refractivity contribution in [1.29, 1.82) is 0 Å². The van der Waals surface area contributed by atoms with Crippen LogP contribution in [0.2, 0.25) is 0 Å². The molecule has 0 aliphatic carbocycles. The molecule has 0 bridgehead atoms. The number of fused-ring (bicyclic) bond motifs is 1. The van der Waals surface area contributed by atoms with E-state index in [1.165, 1.54) is 0 Å². The Labute approximate surface area is 163 Å². The summed E-state index contributed by atoms with van der Waals surface area (Å²) in [5, 5.41) is 16.8. The summed E-state index contributed by atoms with van der Waals surface area (Å²) in [6.45, 7) is 2.43. The zero-order valence-corrected chi connectivity index (χ0v) is 16.0. The van der Waals surface area contributed by atoms with Crippen LogP contribution in [-0.2, 0) is 4.79 Å². The molecule has 10 heteroatoms. The van der Waals surface area contributed by atoms with Crippen molar-refractivity contribution in [3.8, 4) is 0 Å². The third-order valence-electron chi connectivity index (χ3n) is 5.44. The van der Waals surface area contributed by atoms with E-state index >= 15 is 0 Å². The molecule has 3 atom stereocenters. The van der Waals surface area contributed by atoms with Crippen LogP contribution in [-0.4, -0.2) is 71.0 Å². The first-order valence-electron chi connectivity index (χ1n) is 9.67. The molecule has 0 saturated carbocycles. The Morgan fingerprint density at radius 3 is 2.96 bits per heavy atom. The molecule has 1 saturated heterocycles. The summed E-state index contributed by atoms with van der Waals surface area (Å²) in [6, 6.07) is 1.71. The number of hydrogen-bond acceptors (Lipinski definition) is 8. The number of amides is 1. The van der Waals surface area contributed by atoms with E-state index in [1.54, 1.807) is 4.52 Å². The van der Waals surface area contributed by atoms with E-state index in [0.717, 1.165) is 36.3 Å². The van der Waals surface area contributed by atoms with Crippen LogP contribution in [0.15, 0.2) is 17.4 Å². The minimum absolute atomic E-state index is 0.00884. The average molecular weight is 385 g/mol. The number of carbonyl (C=O) groups excluding carboxylic acids is 1. The van der Waals surface area contributed by atoms with Gasteiger partial charge in [0.05, 0.1) is 17.9 Å². The van der Waals surface area contributed by atoms with Crippen LogP contribution in [0, 0.1) is 0 Å². The summed E-state index contributed by atoms with van der Waals surface area (Å²) in [7, 11) is 1.95. The highest BCUT2D eigenvalue weighted by atomic mass is 16.2. The van der Waals surface area contributed by atoms with Gasteiger partial charge in [0.1, 0.15) is 5.82 Å². The van der Waals surface area contributed by atoms with Crippen molar-refractivity contribution in [2.45, 2.75) is 30.7 Å². The molecular weight excluding hydrogens is 358 g/mol. The van der Waals surface area contributed by atoms with Gasteiger partial charge >= 0.3 is 0 Å². The highest BCUT2D eigenvalue weighted by molar-refractivity contribution is 5.81. The van der Waals surface area contributed by atoms with E-state index in [9.17, 15) is 4.79 Å². The van der Waals surface area contributed by atoms with Gasteiger partial charge in [-0.1, -0.05) is 0 Å². The normalized spacial score (nSPS) is 24.8. The maximum atomic E-state index is 12.1. The number of nitrogens with zero attached hydrogens (tertiary/aromatic N) is 5. The monoisotopic (exact) mass is 385 g/mol.